The van der Waals surface area contributed by atoms with Crippen molar-refractivity contribution in [3.63, 3.8) is 0 Å². The molecule has 0 fully saturated rings. The van der Waals surface area contributed by atoms with Crippen LogP contribution in [-0.4, -0.2) is 19.9 Å². The summed E-state index contributed by atoms with van der Waals surface area (Å²) in [4.78, 5) is 16.8. The first-order valence-electron chi connectivity index (χ1n) is 9.36. The third-order valence-corrected chi connectivity index (χ3v) is 6.36. The molecule has 0 aliphatic heterocycles. The molecule has 6 heteroatoms. The molecule has 146 valence electrons. The molecule has 0 bridgehead atoms. The van der Waals surface area contributed by atoms with E-state index < -0.39 is 0 Å². The molecule has 2 aromatic rings. The van der Waals surface area contributed by atoms with Gasteiger partial charge < -0.3 is 9.97 Å². The van der Waals surface area contributed by atoms with Gasteiger partial charge in [0, 0.05) is 22.7 Å². The Morgan fingerprint density at radius 2 is 0.962 bits per heavy atom. The van der Waals surface area contributed by atoms with Crippen LogP contribution in [-0.2, 0) is 10.8 Å². The SMILES string of the molecule is CC(C)c1nc(C(C)(C)C)c(SSc2[nH]c(C(C)C)nc2C(C)(C)C)[nH]1. The number of aromatic nitrogens is 4. The topological polar surface area (TPSA) is 57.4 Å². The van der Waals surface area contributed by atoms with Gasteiger partial charge in [-0.15, -0.1) is 0 Å². The van der Waals surface area contributed by atoms with Crippen molar-refractivity contribution in [2.45, 2.75) is 102 Å². The minimum atomic E-state index is 0.0104. The van der Waals surface area contributed by atoms with Gasteiger partial charge in [0.1, 0.15) is 21.7 Å². The number of hydrogen-bond donors (Lipinski definition) is 2. The van der Waals surface area contributed by atoms with Crippen molar-refractivity contribution in [1.82, 2.24) is 19.9 Å². The van der Waals surface area contributed by atoms with Crippen LogP contribution in [0.1, 0.15) is 104 Å². The van der Waals surface area contributed by atoms with Crippen molar-refractivity contribution in [3.8, 4) is 0 Å². The molecule has 2 aromatic heterocycles. The fraction of sp³-hybridized carbons (Fsp3) is 0.700. The van der Waals surface area contributed by atoms with Crippen molar-refractivity contribution in [1.29, 1.82) is 0 Å². The lowest BCUT2D eigenvalue weighted by Gasteiger charge is -2.18. The van der Waals surface area contributed by atoms with Crippen LogP contribution in [0.5, 0.6) is 0 Å². The number of hydrogen-bond acceptors (Lipinski definition) is 4. The third kappa shape index (κ3) is 4.89. The molecule has 0 atom stereocenters. The molecule has 0 aliphatic rings. The Kier molecular flexibility index (Phi) is 6.28. The minimum Gasteiger partial charge on any atom is -0.336 e. The summed E-state index contributed by atoms with van der Waals surface area (Å²) in [6.45, 7) is 22.0. The number of H-pyrrole nitrogens is 2. The molecule has 2 N–H and O–H groups in total. The molecule has 2 heterocycles. The monoisotopic (exact) mass is 394 g/mol. The summed E-state index contributed by atoms with van der Waals surface area (Å²) in [5.41, 5.74) is 2.30. The predicted molar refractivity (Wildman–Crippen MR) is 114 cm³/mol. The second-order valence-corrected chi connectivity index (χ2v) is 11.7. The number of rotatable bonds is 5. The Labute approximate surface area is 166 Å². The summed E-state index contributed by atoms with van der Waals surface area (Å²) in [6.07, 6.45) is 0. The van der Waals surface area contributed by atoms with E-state index in [1.54, 1.807) is 21.6 Å². The van der Waals surface area contributed by atoms with Gasteiger partial charge in [-0.3, -0.25) is 0 Å². The van der Waals surface area contributed by atoms with Crippen molar-refractivity contribution < 1.29 is 0 Å². The van der Waals surface area contributed by atoms with Gasteiger partial charge in [-0.1, -0.05) is 69.2 Å². The first kappa shape index (κ1) is 21.4. The Morgan fingerprint density at radius 3 is 1.19 bits per heavy atom. The van der Waals surface area contributed by atoms with Crippen molar-refractivity contribution in [2.75, 3.05) is 0 Å². The maximum atomic E-state index is 4.88. The van der Waals surface area contributed by atoms with E-state index in [0.29, 0.717) is 11.8 Å². The lowest BCUT2D eigenvalue weighted by molar-refractivity contribution is 0.557. The van der Waals surface area contributed by atoms with Crippen LogP contribution in [0.4, 0.5) is 0 Å². The molecule has 0 amide bonds. The van der Waals surface area contributed by atoms with E-state index in [9.17, 15) is 0 Å². The first-order valence-corrected chi connectivity index (χ1v) is 11.5. The molecule has 0 aromatic carbocycles. The molecule has 2 rings (SSSR count). The highest BCUT2D eigenvalue weighted by Gasteiger charge is 2.27. The maximum absolute atomic E-state index is 4.88. The zero-order chi connectivity index (χ0) is 19.9. The lowest BCUT2D eigenvalue weighted by atomic mass is 9.93. The second-order valence-electron chi connectivity index (χ2n) is 9.58. The van der Waals surface area contributed by atoms with Crippen LogP contribution >= 0.6 is 21.6 Å². The van der Waals surface area contributed by atoms with Crippen molar-refractivity contribution in [2.24, 2.45) is 0 Å². The third-order valence-electron chi connectivity index (χ3n) is 4.10. The van der Waals surface area contributed by atoms with Crippen LogP contribution in [0.3, 0.4) is 0 Å². The Hall–Kier alpha value is -0.880. The minimum absolute atomic E-state index is 0.0104. The number of imidazole rings is 2. The first-order chi connectivity index (χ1) is 11.8. The average molecular weight is 395 g/mol. The van der Waals surface area contributed by atoms with Crippen LogP contribution in [0, 0.1) is 0 Å². The van der Waals surface area contributed by atoms with Crippen LogP contribution < -0.4 is 0 Å². The summed E-state index contributed by atoms with van der Waals surface area (Å²) in [7, 11) is 3.50. The predicted octanol–water partition coefficient (Wildman–Crippen LogP) is 6.77. The summed E-state index contributed by atoms with van der Waals surface area (Å²) in [5, 5.41) is 2.29. The molecule has 0 aliphatic carbocycles. The lowest BCUT2D eigenvalue weighted by Crippen LogP contribution is -2.13. The number of nitrogens with zero attached hydrogens (tertiary/aromatic N) is 2. The van der Waals surface area contributed by atoms with E-state index in [0.717, 1.165) is 33.1 Å². The number of nitrogens with one attached hydrogen (secondary N) is 2. The van der Waals surface area contributed by atoms with Crippen molar-refractivity contribution >= 4 is 21.6 Å². The van der Waals surface area contributed by atoms with E-state index in [1.165, 1.54) is 0 Å². The quantitative estimate of drug-likeness (QED) is 0.549. The average Bonchev–Trinajstić information content (AvgIpc) is 3.08. The molecule has 0 saturated heterocycles. The zero-order valence-electron chi connectivity index (χ0n) is 17.9. The summed E-state index contributed by atoms with van der Waals surface area (Å²) in [6, 6.07) is 0. The molecule has 0 unspecified atom stereocenters. The van der Waals surface area contributed by atoms with Crippen LogP contribution in [0.25, 0.3) is 0 Å². The van der Waals surface area contributed by atoms with Crippen LogP contribution in [0.2, 0.25) is 0 Å². The van der Waals surface area contributed by atoms with E-state index in [4.69, 9.17) is 9.97 Å². The van der Waals surface area contributed by atoms with Crippen LogP contribution in [0.15, 0.2) is 10.1 Å². The van der Waals surface area contributed by atoms with Crippen molar-refractivity contribution in [3.05, 3.63) is 23.0 Å². The van der Waals surface area contributed by atoms with Gasteiger partial charge in [-0.05, 0) is 21.6 Å². The maximum Gasteiger partial charge on any atom is 0.109 e. The summed E-state index contributed by atoms with van der Waals surface area (Å²) < 4.78 is 0. The molecular formula is C20H34N4S2. The fourth-order valence-corrected chi connectivity index (χ4v) is 5.06. The fourth-order valence-electron chi connectivity index (χ4n) is 2.52. The van der Waals surface area contributed by atoms with E-state index in [1.807, 2.05) is 0 Å². The van der Waals surface area contributed by atoms with E-state index in [2.05, 4.69) is 79.2 Å². The smallest absolute Gasteiger partial charge is 0.109 e. The Bertz CT molecular complexity index is 679. The van der Waals surface area contributed by atoms with Gasteiger partial charge in [-0.2, -0.15) is 0 Å². The normalized spacial score (nSPS) is 13.2. The second kappa shape index (κ2) is 7.63. The standard InChI is InChI=1S/C20H34N4S2/c1-11(2)15-21-13(19(5,6)7)17(23-15)25-26-18-14(20(8,9)10)22-16(24-18)12(3)4/h11-12H,1-10H3,(H,21,23)(H,22,24). The highest BCUT2D eigenvalue weighted by atomic mass is 33.1. The summed E-state index contributed by atoms with van der Waals surface area (Å²) >= 11 is 0. The highest BCUT2D eigenvalue weighted by Crippen LogP contribution is 2.44. The van der Waals surface area contributed by atoms with Gasteiger partial charge in [-0.25, -0.2) is 9.97 Å². The molecular weight excluding hydrogens is 360 g/mol. The Balaban J connectivity index is 2.34. The number of aromatic amines is 2. The largest absolute Gasteiger partial charge is 0.336 e. The van der Waals surface area contributed by atoms with Gasteiger partial charge in [0.15, 0.2) is 0 Å². The zero-order valence-corrected chi connectivity index (χ0v) is 19.5. The van der Waals surface area contributed by atoms with Gasteiger partial charge in [0.2, 0.25) is 0 Å². The molecule has 0 saturated carbocycles. The van der Waals surface area contributed by atoms with Gasteiger partial charge in [0.05, 0.1) is 11.4 Å². The van der Waals surface area contributed by atoms with Gasteiger partial charge in [0.25, 0.3) is 0 Å². The van der Waals surface area contributed by atoms with E-state index >= 15 is 0 Å². The Morgan fingerprint density at radius 1 is 0.654 bits per heavy atom. The van der Waals surface area contributed by atoms with Gasteiger partial charge >= 0.3 is 0 Å². The molecule has 0 spiro atoms. The molecule has 0 radical (unpaired) electrons. The molecule has 4 nitrogen and oxygen atoms in total. The van der Waals surface area contributed by atoms with E-state index in [-0.39, 0.29) is 10.8 Å². The summed E-state index contributed by atoms with van der Waals surface area (Å²) in [5.74, 6) is 2.89. The molecule has 26 heavy (non-hydrogen) atoms. The highest BCUT2D eigenvalue weighted by molar-refractivity contribution is 8.76.